The zero-order valence-electron chi connectivity index (χ0n) is 21.3. The molecule has 1 aromatic carbocycles. The lowest BCUT2D eigenvalue weighted by Crippen LogP contribution is -2.30. The monoisotopic (exact) mass is 464 g/mol. The van der Waals surface area contributed by atoms with E-state index < -0.39 is 0 Å². The fourth-order valence-electron chi connectivity index (χ4n) is 3.87. The van der Waals surface area contributed by atoms with E-state index in [9.17, 15) is 0 Å². The zero-order chi connectivity index (χ0) is 24.3. The molecule has 2 unspecified atom stereocenters. The van der Waals surface area contributed by atoms with Gasteiger partial charge in [0.15, 0.2) is 0 Å². The summed E-state index contributed by atoms with van der Waals surface area (Å²) in [5, 5.41) is 6.83. The third-order valence-corrected chi connectivity index (χ3v) is 6.16. The summed E-state index contributed by atoms with van der Waals surface area (Å²) in [7, 11) is 0. The fraction of sp³-hybridized carbons (Fsp3) is 0.769. The number of hydrogen-bond acceptors (Lipinski definition) is 7. The molecule has 0 aliphatic rings. The Kier molecular flexibility index (Phi) is 17.3. The van der Waals surface area contributed by atoms with Gasteiger partial charge in [0.05, 0.1) is 6.61 Å². The molecular formula is C26H52N6O. The van der Waals surface area contributed by atoms with Gasteiger partial charge in [-0.25, -0.2) is 0 Å². The molecule has 0 amide bonds. The lowest BCUT2D eigenvalue weighted by atomic mass is 9.97. The lowest BCUT2D eigenvalue weighted by molar-refractivity contribution is 0.240. The standard InChI is InChI=1S/C26H52N6O/c1-3-21(4-2)20-33-26-18-22(16-24(29)7-13-31-11-5-9-27)15-23(19-26)17-25(30)8-14-32-12-6-10-28/h15,18-19,21,24-25,31-32H,3-14,16-17,20,27-30H2,1-2H3. The first-order valence-corrected chi connectivity index (χ1v) is 13.1. The molecule has 0 radical (unpaired) electrons. The van der Waals surface area contributed by atoms with Gasteiger partial charge in [0.2, 0.25) is 0 Å². The quantitative estimate of drug-likeness (QED) is 0.153. The minimum absolute atomic E-state index is 0.109. The number of hydrogen-bond donors (Lipinski definition) is 6. The average molecular weight is 465 g/mol. The number of nitrogens with two attached hydrogens (primary N) is 4. The normalized spacial score (nSPS) is 13.4. The van der Waals surface area contributed by atoms with Crippen LogP contribution in [0.15, 0.2) is 18.2 Å². The van der Waals surface area contributed by atoms with Gasteiger partial charge in [-0.2, -0.15) is 0 Å². The predicted molar refractivity (Wildman–Crippen MR) is 142 cm³/mol. The molecule has 0 aliphatic heterocycles. The summed E-state index contributed by atoms with van der Waals surface area (Å²) in [6.07, 6.45) is 7.81. The van der Waals surface area contributed by atoms with E-state index in [0.717, 1.165) is 103 Å². The SMILES string of the molecule is CCC(CC)COc1cc(CC(N)CCNCCCN)cc(CC(N)CCNCCCN)c1. The predicted octanol–water partition coefficient (Wildman–Crippen LogP) is 1.90. The molecule has 0 saturated heterocycles. The highest BCUT2D eigenvalue weighted by Gasteiger charge is 2.12. The van der Waals surface area contributed by atoms with Crippen LogP contribution < -0.4 is 38.3 Å². The summed E-state index contributed by atoms with van der Waals surface area (Å²) >= 11 is 0. The van der Waals surface area contributed by atoms with Gasteiger partial charge >= 0.3 is 0 Å². The van der Waals surface area contributed by atoms with E-state index in [1.165, 1.54) is 11.1 Å². The minimum atomic E-state index is 0.109. The van der Waals surface area contributed by atoms with Crippen LogP contribution in [0.1, 0.15) is 63.5 Å². The van der Waals surface area contributed by atoms with Crippen molar-refractivity contribution in [3.8, 4) is 5.75 Å². The zero-order valence-corrected chi connectivity index (χ0v) is 21.3. The number of ether oxygens (including phenoxy) is 1. The van der Waals surface area contributed by atoms with E-state index in [1.807, 2.05) is 0 Å². The van der Waals surface area contributed by atoms with Crippen LogP contribution in [0.25, 0.3) is 0 Å². The van der Waals surface area contributed by atoms with E-state index in [-0.39, 0.29) is 12.1 Å². The van der Waals surface area contributed by atoms with Crippen molar-refractivity contribution in [3.63, 3.8) is 0 Å². The van der Waals surface area contributed by atoms with E-state index >= 15 is 0 Å². The van der Waals surface area contributed by atoms with Crippen LogP contribution in [0.4, 0.5) is 0 Å². The van der Waals surface area contributed by atoms with Gasteiger partial charge in [0.25, 0.3) is 0 Å². The van der Waals surface area contributed by atoms with Crippen LogP contribution in [0.2, 0.25) is 0 Å². The molecule has 2 atom stereocenters. The third-order valence-electron chi connectivity index (χ3n) is 6.16. The maximum absolute atomic E-state index is 6.45. The lowest BCUT2D eigenvalue weighted by Gasteiger charge is -2.19. The average Bonchev–Trinajstić information content (AvgIpc) is 2.79. The van der Waals surface area contributed by atoms with Crippen molar-refractivity contribution in [2.45, 2.75) is 77.3 Å². The Bertz CT molecular complexity index is 556. The summed E-state index contributed by atoms with van der Waals surface area (Å²) in [4.78, 5) is 0. The van der Waals surface area contributed by atoms with Crippen LogP contribution in [0.5, 0.6) is 5.75 Å². The maximum Gasteiger partial charge on any atom is 0.119 e. The first-order valence-electron chi connectivity index (χ1n) is 13.1. The first kappa shape index (κ1) is 29.8. The van der Waals surface area contributed by atoms with Crippen molar-refractivity contribution in [1.82, 2.24) is 10.6 Å². The van der Waals surface area contributed by atoms with E-state index in [4.69, 9.17) is 27.7 Å². The molecule has 0 fully saturated rings. The Balaban J connectivity index is 2.71. The summed E-state index contributed by atoms with van der Waals surface area (Å²) in [5.74, 6) is 1.52. The van der Waals surface area contributed by atoms with Crippen LogP contribution in [0, 0.1) is 5.92 Å². The molecule has 192 valence electrons. The Labute approximate surface area is 202 Å². The molecule has 1 rings (SSSR count). The Hall–Kier alpha value is -1.22. The molecule has 33 heavy (non-hydrogen) atoms. The van der Waals surface area contributed by atoms with E-state index in [2.05, 4.69) is 42.7 Å². The second-order valence-electron chi connectivity index (χ2n) is 9.27. The van der Waals surface area contributed by atoms with Crippen molar-refractivity contribution in [1.29, 1.82) is 0 Å². The summed E-state index contributed by atoms with van der Waals surface area (Å²) in [5.41, 5.74) is 26.5. The van der Waals surface area contributed by atoms with Crippen LogP contribution in [-0.4, -0.2) is 58.0 Å². The molecule has 0 bridgehead atoms. The molecule has 0 aliphatic carbocycles. The molecule has 10 N–H and O–H groups in total. The van der Waals surface area contributed by atoms with Crippen molar-refractivity contribution in [3.05, 3.63) is 29.3 Å². The maximum atomic E-state index is 6.45. The Morgan fingerprint density at radius 3 is 1.67 bits per heavy atom. The smallest absolute Gasteiger partial charge is 0.119 e. The summed E-state index contributed by atoms with van der Waals surface area (Å²) in [6.45, 7) is 10.4. The second-order valence-corrected chi connectivity index (χ2v) is 9.27. The fourth-order valence-corrected chi connectivity index (χ4v) is 3.87. The van der Waals surface area contributed by atoms with Crippen molar-refractivity contribution < 1.29 is 4.74 Å². The van der Waals surface area contributed by atoms with Crippen molar-refractivity contribution in [2.24, 2.45) is 28.9 Å². The topological polar surface area (TPSA) is 137 Å². The first-order chi connectivity index (χ1) is 16.0. The highest BCUT2D eigenvalue weighted by Crippen LogP contribution is 2.22. The van der Waals surface area contributed by atoms with Crippen LogP contribution in [0.3, 0.4) is 0 Å². The molecule has 7 nitrogen and oxygen atoms in total. The van der Waals surface area contributed by atoms with E-state index in [0.29, 0.717) is 5.92 Å². The van der Waals surface area contributed by atoms with Gasteiger partial charge < -0.3 is 38.3 Å². The summed E-state index contributed by atoms with van der Waals surface area (Å²) in [6, 6.07) is 6.80. The van der Waals surface area contributed by atoms with Gasteiger partial charge in [0, 0.05) is 12.1 Å². The molecule has 0 heterocycles. The van der Waals surface area contributed by atoms with Gasteiger partial charge in [-0.15, -0.1) is 0 Å². The Morgan fingerprint density at radius 1 is 0.758 bits per heavy atom. The number of benzene rings is 1. The molecule has 0 aromatic heterocycles. The van der Waals surface area contributed by atoms with E-state index in [1.54, 1.807) is 0 Å². The van der Waals surface area contributed by atoms with Gasteiger partial charge in [-0.05, 0) is 107 Å². The van der Waals surface area contributed by atoms with Gasteiger partial charge in [-0.1, -0.05) is 32.8 Å². The molecule has 0 spiro atoms. The molecule has 0 saturated carbocycles. The van der Waals surface area contributed by atoms with Crippen molar-refractivity contribution in [2.75, 3.05) is 45.9 Å². The summed E-state index contributed by atoms with van der Waals surface area (Å²) < 4.78 is 6.22. The largest absolute Gasteiger partial charge is 0.493 e. The number of nitrogens with one attached hydrogen (secondary N) is 2. The third kappa shape index (κ3) is 14.6. The highest BCUT2D eigenvalue weighted by molar-refractivity contribution is 5.35. The number of rotatable bonds is 21. The molecule has 1 aromatic rings. The second kappa shape index (κ2) is 19.1. The molecule has 7 heteroatoms. The highest BCUT2D eigenvalue weighted by atomic mass is 16.5. The minimum Gasteiger partial charge on any atom is -0.493 e. The van der Waals surface area contributed by atoms with Gasteiger partial charge in [-0.3, -0.25) is 0 Å². The molecular weight excluding hydrogens is 412 g/mol. The van der Waals surface area contributed by atoms with Crippen LogP contribution in [-0.2, 0) is 12.8 Å². The van der Waals surface area contributed by atoms with Crippen molar-refractivity contribution >= 4 is 0 Å². The Morgan fingerprint density at radius 2 is 1.24 bits per heavy atom. The van der Waals surface area contributed by atoms with Crippen LogP contribution >= 0.6 is 0 Å². The van der Waals surface area contributed by atoms with Gasteiger partial charge in [0.1, 0.15) is 5.75 Å².